The van der Waals surface area contributed by atoms with Crippen LogP contribution in [0.5, 0.6) is 0 Å². The van der Waals surface area contributed by atoms with E-state index in [1.165, 1.54) is 17.7 Å². The van der Waals surface area contributed by atoms with Crippen LogP contribution in [0.1, 0.15) is 42.8 Å². The van der Waals surface area contributed by atoms with Gasteiger partial charge >= 0.3 is 0 Å². The number of carbonyl (C=O) groups excluding carboxylic acids is 3. The molecule has 0 atom stereocenters. The van der Waals surface area contributed by atoms with Crippen molar-refractivity contribution < 1.29 is 32.0 Å². The number of primary amides is 1. The third-order valence-corrected chi connectivity index (χ3v) is 6.31. The molecule has 0 bridgehead atoms. The van der Waals surface area contributed by atoms with Crippen LogP contribution in [0.15, 0.2) is 57.4 Å². The molecule has 5 rings (SSSR count). The molecule has 3 heterocycles. The molecule has 0 spiro atoms. The van der Waals surface area contributed by atoms with Crippen molar-refractivity contribution in [1.29, 1.82) is 0 Å². The lowest BCUT2D eigenvalue weighted by Gasteiger charge is -2.34. The molecule has 2 aromatic heterocycles. The van der Waals surface area contributed by atoms with Crippen molar-refractivity contribution in [3.05, 3.63) is 88.6 Å². The Hall–Kier alpha value is -4.51. The molecule has 2 amide bonds. The van der Waals surface area contributed by atoms with Crippen molar-refractivity contribution in [1.82, 2.24) is 9.80 Å². The Bertz CT molecular complexity index is 1520. The minimum absolute atomic E-state index is 0.0985. The van der Waals surface area contributed by atoms with E-state index in [-0.39, 0.29) is 11.5 Å². The average molecular weight is 508 g/mol. The third kappa shape index (κ3) is 4.45. The number of hydrogen-bond acceptors (Lipinski definition) is 7. The van der Waals surface area contributed by atoms with Gasteiger partial charge in [-0.2, -0.15) is 0 Å². The molecule has 0 saturated carbocycles. The first-order chi connectivity index (χ1) is 17.7. The maximum absolute atomic E-state index is 14.3. The molecule has 0 unspecified atom stereocenters. The van der Waals surface area contributed by atoms with Crippen molar-refractivity contribution >= 4 is 34.3 Å². The van der Waals surface area contributed by atoms with Crippen LogP contribution in [-0.2, 0) is 6.54 Å². The van der Waals surface area contributed by atoms with E-state index >= 15 is 0 Å². The summed E-state index contributed by atoms with van der Waals surface area (Å²) in [6, 6.07) is 13.0. The zero-order chi connectivity index (χ0) is 26.3. The van der Waals surface area contributed by atoms with Crippen molar-refractivity contribution in [2.24, 2.45) is 5.73 Å². The molecule has 1 fully saturated rings. The summed E-state index contributed by atoms with van der Waals surface area (Å²) in [5.41, 5.74) is 10.5. The molecular formula is C26H22F2N4O5. The second-order valence-corrected chi connectivity index (χ2v) is 8.68. The number of nitrogen functional groups attached to an aromatic ring is 1. The van der Waals surface area contributed by atoms with Gasteiger partial charge in [-0.25, -0.2) is 8.78 Å². The summed E-state index contributed by atoms with van der Waals surface area (Å²) < 4.78 is 39.1. The fourth-order valence-corrected chi connectivity index (χ4v) is 4.43. The number of furan rings is 2. The molecule has 0 aliphatic carbocycles. The van der Waals surface area contributed by atoms with Crippen LogP contribution in [0.4, 0.5) is 14.5 Å². The molecule has 0 radical (unpaired) electrons. The van der Waals surface area contributed by atoms with Gasteiger partial charge in [0, 0.05) is 38.8 Å². The Morgan fingerprint density at radius 2 is 1.57 bits per heavy atom. The SMILES string of the molecule is NC(=O)c1oc2c(F)cc(F)c(N)c2c1C(=O)c1ccc(C(=O)N2CCN(Cc3ccccc3)CC2)o1. The van der Waals surface area contributed by atoms with Gasteiger partial charge in [0.2, 0.25) is 11.5 Å². The van der Waals surface area contributed by atoms with E-state index in [1.54, 1.807) is 4.90 Å². The Labute approximate surface area is 209 Å². The van der Waals surface area contributed by atoms with Gasteiger partial charge in [-0.15, -0.1) is 0 Å². The summed E-state index contributed by atoms with van der Waals surface area (Å²) in [5.74, 6) is -6.01. The van der Waals surface area contributed by atoms with E-state index in [9.17, 15) is 23.2 Å². The summed E-state index contributed by atoms with van der Waals surface area (Å²) in [4.78, 5) is 42.0. The largest absolute Gasteiger partial charge is 0.447 e. The molecule has 190 valence electrons. The maximum atomic E-state index is 14.3. The Kier molecular flexibility index (Phi) is 6.22. The summed E-state index contributed by atoms with van der Waals surface area (Å²) in [6.45, 7) is 3.01. The molecule has 37 heavy (non-hydrogen) atoms. The van der Waals surface area contributed by atoms with E-state index in [1.807, 2.05) is 30.3 Å². The van der Waals surface area contributed by atoms with Gasteiger partial charge in [0.1, 0.15) is 5.82 Å². The van der Waals surface area contributed by atoms with Crippen molar-refractivity contribution in [3.8, 4) is 0 Å². The van der Waals surface area contributed by atoms with Gasteiger partial charge < -0.3 is 25.2 Å². The van der Waals surface area contributed by atoms with E-state index in [0.717, 1.165) is 6.54 Å². The Balaban J connectivity index is 1.36. The number of nitrogens with two attached hydrogens (primary N) is 2. The molecule has 9 nitrogen and oxygen atoms in total. The zero-order valence-electron chi connectivity index (χ0n) is 19.5. The number of carbonyl (C=O) groups is 3. The third-order valence-electron chi connectivity index (χ3n) is 6.31. The topological polar surface area (TPSA) is 136 Å². The highest BCUT2D eigenvalue weighted by Crippen LogP contribution is 2.36. The van der Waals surface area contributed by atoms with E-state index in [2.05, 4.69) is 4.90 Å². The van der Waals surface area contributed by atoms with Gasteiger partial charge in [-0.05, 0) is 17.7 Å². The summed E-state index contributed by atoms with van der Waals surface area (Å²) in [6.07, 6.45) is 0. The highest BCUT2D eigenvalue weighted by atomic mass is 19.1. The normalized spacial score (nSPS) is 14.3. The second kappa shape index (κ2) is 9.51. The molecular weight excluding hydrogens is 486 g/mol. The number of amides is 2. The first-order valence-electron chi connectivity index (χ1n) is 11.4. The van der Waals surface area contributed by atoms with Crippen LogP contribution < -0.4 is 11.5 Å². The lowest BCUT2D eigenvalue weighted by molar-refractivity contribution is 0.0596. The van der Waals surface area contributed by atoms with Crippen LogP contribution in [-0.4, -0.2) is 53.6 Å². The molecule has 1 aliphatic rings. The molecule has 1 aliphatic heterocycles. The van der Waals surface area contributed by atoms with Crippen LogP contribution in [0.2, 0.25) is 0 Å². The van der Waals surface area contributed by atoms with Gasteiger partial charge in [0.05, 0.1) is 16.6 Å². The number of nitrogens with zero attached hydrogens (tertiary/aromatic N) is 2. The number of halogens is 2. The van der Waals surface area contributed by atoms with E-state index in [0.29, 0.717) is 32.2 Å². The first-order valence-corrected chi connectivity index (χ1v) is 11.4. The van der Waals surface area contributed by atoms with Gasteiger partial charge in [0.15, 0.2) is 22.9 Å². The van der Waals surface area contributed by atoms with Crippen molar-refractivity contribution in [2.75, 3.05) is 31.9 Å². The summed E-state index contributed by atoms with van der Waals surface area (Å²) >= 11 is 0. The maximum Gasteiger partial charge on any atom is 0.289 e. The monoisotopic (exact) mass is 508 g/mol. The van der Waals surface area contributed by atoms with Gasteiger partial charge in [0.25, 0.3) is 11.8 Å². The van der Waals surface area contributed by atoms with E-state index in [4.69, 9.17) is 20.3 Å². The minimum Gasteiger partial charge on any atom is -0.447 e. The highest BCUT2D eigenvalue weighted by Gasteiger charge is 2.32. The summed E-state index contributed by atoms with van der Waals surface area (Å²) in [5, 5.41) is -0.435. The number of hydrogen-bond donors (Lipinski definition) is 2. The van der Waals surface area contributed by atoms with Crippen LogP contribution in [0, 0.1) is 11.6 Å². The lowest BCUT2D eigenvalue weighted by Crippen LogP contribution is -2.48. The molecule has 4 aromatic rings. The minimum atomic E-state index is -1.19. The van der Waals surface area contributed by atoms with Crippen LogP contribution >= 0.6 is 0 Å². The average Bonchev–Trinajstić information content (AvgIpc) is 3.54. The Morgan fingerprint density at radius 3 is 2.24 bits per heavy atom. The molecule has 4 N–H and O–H groups in total. The zero-order valence-corrected chi connectivity index (χ0v) is 19.5. The number of piperazine rings is 1. The van der Waals surface area contributed by atoms with Crippen LogP contribution in [0.3, 0.4) is 0 Å². The Morgan fingerprint density at radius 1 is 0.892 bits per heavy atom. The fourth-order valence-electron chi connectivity index (χ4n) is 4.43. The van der Waals surface area contributed by atoms with Gasteiger partial charge in [-0.1, -0.05) is 30.3 Å². The lowest BCUT2D eigenvalue weighted by atomic mass is 10.0. The number of ketones is 1. The molecule has 11 heteroatoms. The number of benzene rings is 2. The van der Waals surface area contributed by atoms with Crippen LogP contribution in [0.25, 0.3) is 11.0 Å². The number of anilines is 1. The number of rotatable bonds is 6. The first kappa shape index (κ1) is 24.2. The summed E-state index contributed by atoms with van der Waals surface area (Å²) in [7, 11) is 0. The standard InChI is InChI=1S/C26H22F2N4O5/c27-15-12-16(28)23-19(21(15)29)20(24(37-23)25(30)34)22(33)17-6-7-18(36-17)26(35)32-10-8-31(9-11-32)13-14-4-2-1-3-5-14/h1-7,12H,8-11,13,29H2,(H2,30,34). The van der Waals surface area contributed by atoms with Crippen molar-refractivity contribution in [2.45, 2.75) is 6.54 Å². The van der Waals surface area contributed by atoms with Crippen molar-refractivity contribution in [3.63, 3.8) is 0 Å². The quantitative estimate of drug-likeness (QED) is 0.302. The predicted molar refractivity (Wildman–Crippen MR) is 129 cm³/mol. The molecule has 1 saturated heterocycles. The second-order valence-electron chi connectivity index (χ2n) is 8.68. The predicted octanol–water partition coefficient (Wildman–Crippen LogP) is 3.17. The van der Waals surface area contributed by atoms with Gasteiger partial charge in [-0.3, -0.25) is 19.3 Å². The molecule has 2 aromatic carbocycles. The van der Waals surface area contributed by atoms with E-state index < -0.39 is 57.2 Å². The number of fused-ring (bicyclic) bond motifs is 1. The smallest absolute Gasteiger partial charge is 0.289 e. The fraction of sp³-hybridized carbons (Fsp3) is 0.192. The highest BCUT2D eigenvalue weighted by molar-refractivity contribution is 6.22.